The Bertz CT molecular complexity index is 374. The highest BCUT2D eigenvalue weighted by atomic mass is 14.9. The lowest BCUT2D eigenvalue weighted by molar-refractivity contribution is 0.258. The molecule has 1 atom stereocenters. The van der Waals surface area contributed by atoms with Gasteiger partial charge in [0, 0.05) is 6.04 Å². The zero-order valence-corrected chi connectivity index (χ0v) is 12.9. The van der Waals surface area contributed by atoms with Gasteiger partial charge >= 0.3 is 0 Å². The maximum Gasteiger partial charge on any atom is 0.0119 e. The van der Waals surface area contributed by atoms with Crippen molar-refractivity contribution in [3.05, 3.63) is 34.9 Å². The van der Waals surface area contributed by atoms with Crippen LogP contribution in [-0.4, -0.2) is 12.6 Å². The molecule has 0 spiro atoms. The summed E-state index contributed by atoms with van der Waals surface area (Å²) in [6, 6.07) is 7.23. The van der Waals surface area contributed by atoms with Gasteiger partial charge in [-0.25, -0.2) is 0 Å². The van der Waals surface area contributed by atoms with Crippen LogP contribution >= 0.6 is 0 Å². The number of hydrogen-bond donors (Lipinski definition) is 1. The third-order valence-corrected chi connectivity index (χ3v) is 3.92. The lowest BCUT2D eigenvalue weighted by Gasteiger charge is -2.31. The first-order chi connectivity index (χ1) is 8.36. The lowest BCUT2D eigenvalue weighted by atomic mass is 9.83. The minimum atomic E-state index is 0.327. The van der Waals surface area contributed by atoms with Gasteiger partial charge in [0.15, 0.2) is 0 Å². The molecular formula is C17H29N. The molecule has 0 fully saturated rings. The minimum Gasteiger partial charge on any atom is -0.314 e. The summed E-state index contributed by atoms with van der Waals surface area (Å²) in [6.07, 6.45) is 2.38. The van der Waals surface area contributed by atoms with E-state index in [9.17, 15) is 0 Å². The van der Waals surface area contributed by atoms with Gasteiger partial charge in [-0.1, -0.05) is 45.9 Å². The highest BCUT2D eigenvalue weighted by Gasteiger charge is 2.23. The standard InChI is InChI=1S/C17H29N/c1-7-18-16(17(4,5)6)12-11-15-10-8-9-13(2)14(15)3/h8-10,16,18H,7,11-12H2,1-6H3. The van der Waals surface area contributed by atoms with Gasteiger partial charge in [0.1, 0.15) is 0 Å². The summed E-state index contributed by atoms with van der Waals surface area (Å²) >= 11 is 0. The first-order valence-corrected chi connectivity index (χ1v) is 7.14. The van der Waals surface area contributed by atoms with Crippen LogP contribution < -0.4 is 5.32 Å². The first-order valence-electron chi connectivity index (χ1n) is 7.14. The van der Waals surface area contributed by atoms with Crippen molar-refractivity contribution in [2.24, 2.45) is 5.41 Å². The monoisotopic (exact) mass is 247 g/mol. The van der Waals surface area contributed by atoms with Crippen LogP contribution in [0.1, 0.15) is 50.8 Å². The Balaban J connectivity index is 2.70. The molecule has 1 rings (SSSR count). The van der Waals surface area contributed by atoms with Gasteiger partial charge in [-0.3, -0.25) is 0 Å². The van der Waals surface area contributed by atoms with Crippen molar-refractivity contribution in [3.63, 3.8) is 0 Å². The lowest BCUT2D eigenvalue weighted by Crippen LogP contribution is -2.40. The first kappa shape index (κ1) is 15.2. The quantitative estimate of drug-likeness (QED) is 0.819. The number of hydrogen-bond acceptors (Lipinski definition) is 1. The number of benzene rings is 1. The summed E-state index contributed by atoms with van der Waals surface area (Å²) < 4.78 is 0. The zero-order chi connectivity index (χ0) is 13.8. The summed E-state index contributed by atoms with van der Waals surface area (Å²) in [4.78, 5) is 0. The summed E-state index contributed by atoms with van der Waals surface area (Å²) in [5.74, 6) is 0. The van der Waals surface area contributed by atoms with E-state index < -0.39 is 0 Å². The maximum absolute atomic E-state index is 3.63. The Hall–Kier alpha value is -0.820. The van der Waals surface area contributed by atoms with E-state index in [2.05, 4.69) is 65.1 Å². The van der Waals surface area contributed by atoms with E-state index >= 15 is 0 Å². The van der Waals surface area contributed by atoms with E-state index in [0.717, 1.165) is 6.54 Å². The maximum atomic E-state index is 3.63. The van der Waals surface area contributed by atoms with Crippen molar-refractivity contribution in [2.75, 3.05) is 6.54 Å². The highest BCUT2D eigenvalue weighted by molar-refractivity contribution is 5.33. The summed E-state index contributed by atoms with van der Waals surface area (Å²) in [6.45, 7) is 14.6. The molecule has 1 aromatic rings. The van der Waals surface area contributed by atoms with Gasteiger partial charge in [-0.2, -0.15) is 0 Å². The summed E-state index contributed by atoms with van der Waals surface area (Å²) in [7, 11) is 0. The van der Waals surface area contributed by atoms with E-state index in [0.29, 0.717) is 11.5 Å². The van der Waals surface area contributed by atoms with Gasteiger partial charge in [-0.15, -0.1) is 0 Å². The number of aryl methyl sites for hydroxylation is 2. The van der Waals surface area contributed by atoms with E-state index in [1.54, 1.807) is 0 Å². The molecule has 0 radical (unpaired) electrons. The highest BCUT2D eigenvalue weighted by Crippen LogP contribution is 2.24. The molecule has 1 unspecified atom stereocenters. The second-order valence-corrected chi connectivity index (χ2v) is 6.37. The largest absolute Gasteiger partial charge is 0.314 e. The van der Waals surface area contributed by atoms with Gasteiger partial charge in [0.2, 0.25) is 0 Å². The average Bonchev–Trinajstić information content (AvgIpc) is 2.28. The molecule has 1 heteroatoms. The fourth-order valence-corrected chi connectivity index (χ4v) is 2.47. The van der Waals surface area contributed by atoms with Crippen LogP contribution in [0.15, 0.2) is 18.2 Å². The molecule has 1 N–H and O–H groups in total. The molecule has 0 aliphatic carbocycles. The van der Waals surface area contributed by atoms with Crippen LogP contribution in [0.25, 0.3) is 0 Å². The van der Waals surface area contributed by atoms with Gasteiger partial charge in [0.05, 0.1) is 0 Å². The SMILES string of the molecule is CCNC(CCc1cccc(C)c1C)C(C)(C)C. The molecule has 18 heavy (non-hydrogen) atoms. The molecule has 0 heterocycles. The van der Waals surface area contributed by atoms with Crippen molar-refractivity contribution in [1.82, 2.24) is 5.32 Å². The van der Waals surface area contributed by atoms with Gasteiger partial charge < -0.3 is 5.32 Å². The van der Waals surface area contributed by atoms with E-state index in [4.69, 9.17) is 0 Å². The van der Waals surface area contributed by atoms with E-state index in [1.807, 2.05) is 0 Å². The Morgan fingerprint density at radius 1 is 1.17 bits per heavy atom. The van der Waals surface area contributed by atoms with Crippen molar-refractivity contribution < 1.29 is 0 Å². The molecular weight excluding hydrogens is 218 g/mol. The van der Waals surface area contributed by atoms with Crippen LogP contribution in [0.5, 0.6) is 0 Å². The van der Waals surface area contributed by atoms with Crippen LogP contribution in [0.2, 0.25) is 0 Å². The Morgan fingerprint density at radius 2 is 1.83 bits per heavy atom. The predicted octanol–water partition coefficient (Wildman–Crippen LogP) is 4.26. The molecule has 0 aliphatic rings. The molecule has 102 valence electrons. The number of rotatable bonds is 5. The third-order valence-electron chi connectivity index (χ3n) is 3.92. The van der Waals surface area contributed by atoms with Gasteiger partial charge in [0.25, 0.3) is 0 Å². The van der Waals surface area contributed by atoms with E-state index in [-0.39, 0.29) is 0 Å². The molecule has 0 amide bonds. The Labute approximate surface area is 113 Å². The smallest absolute Gasteiger partial charge is 0.0119 e. The minimum absolute atomic E-state index is 0.327. The van der Waals surface area contributed by atoms with Crippen molar-refractivity contribution >= 4 is 0 Å². The van der Waals surface area contributed by atoms with Crippen LogP contribution in [-0.2, 0) is 6.42 Å². The van der Waals surface area contributed by atoms with Crippen molar-refractivity contribution in [2.45, 2.75) is 60.4 Å². The Kier molecular flexibility index (Phi) is 5.40. The van der Waals surface area contributed by atoms with E-state index in [1.165, 1.54) is 29.5 Å². The van der Waals surface area contributed by atoms with Crippen molar-refractivity contribution in [3.8, 4) is 0 Å². The molecule has 0 aromatic heterocycles. The number of nitrogens with one attached hydrogen (secondary N) is 1. The van der Waals surface area contributed by atoms with Crippen LogP contribution in [0, 0.1) is 19.3 Å². The van der Waals surface area contributed by atoms with Crippen LogP contribution in [0.3, 0.4) is 0 Å². The molecule has 1 nitrogen and oxygen atoms in total. The molecule has 0 saturated heterocycles. The molecule has 1 aromatic carbocycles. The molecule has 0 bridgehead atoms. The normalized spacial score (nSPS) is 13.7. The summed E-state index contributed by atoms with van der Waals surface area (Å²) in [5.41, 5.74) is 4.69. The van der Waals surface area contributed by atoms with Crippen LogP contribution in [0.4, 0.5) is 0 Å². The Morgan fingerprint density at radius 3 is 2.39 bits per heavy atom. The van der Waals surface area contributed by atoms with Crippen molar-refractivity contribution in [1.29, 1.82) is 0 Å². The predicted molar refractivity (Wildman–Crippen MR) is 81.2 cm³/mol. The second kappa shape index (κ2) is 6.38. The summed E-state index contributed by atoms with van der Waals surface area (Å²) in [5, 5.41) is 3.63. The molecule has 0 aliphatic heterocycles. The topological polar surface area (TPSA) is 12.0 Å². The van der Waals surface area contributed by atoms with Gasteiger partial charge in [-0.05, 0) is 55.3 Å². The zero-order valence-electron chi connectivity index (χ0n) is 12.9. The fraction of sp³-hybridized carbons (Fsp3) is 0.647. The fourth-order valence-electron chi connectivity index (χ4n) is 2.47. The average molecular weight is 247 g/mol. The third kappa shape index (κ3) is 4.13. The molecule has 0 saturated carbocycles. The second-order valence-electron chi connectivity index (χ2n) is 6.37.